The number of cyclic esters (lactones) is 1. The molecule has 2 fully saturated rings. The zero-order chi connectivity index (χ0) is 26.3. The van der Waals surface area contributed by atoms with E-state index in [-0.39, 0.29) is 35.6 Å². The van der Waals surface area contributed by atoms with Crippen LogP contribution in [-0.2, 0) is 19.1 Å². The molecule has 0 radical (unpaired) electrons. The summed E-state index contributed by atoms with van der Waals surface area (Å²) in [7, 11) is 0. The third-order valence-corrected chi connectivity index (χ3v) is 9.77. The van der Waals surface area contributed by atoms with Crippen LogP contribution in [0.5, 0.6) is 0 Å². The fourth-order valence-electron chi connectivity index (χ4n) is 6.26. The van der Waals surface area contributed by atoms with E-state index in [1.54, 1.807) is 34.1 Å². The zero-order valence-electron chi connectivity index (χ0n) is 21.1. The maximum Gasteiger partial charge on any atom is 0.311 e. The van der Waals surface area contributed by atoms with Gasteiger partial charge in [-0.05, 0) is 49.4 Å². The van der Waals surface area contributed by atoms with Crippen LogP contribution >= 0.6 is 23.4 Å². The van der Waals surface area contributed by atoms with Gasteiger partial charge in [-0.3, -0.25) is 14.4 Å². The van der Waals surface area contributed by atoms with E-state index in [9.17, 15) is 19.5 Å². The Balaban J connectivity index is 1.64. The third kappa shape index (κ3) is 4.51. The fraction of sp³-hybridized carbons (Fsp3) is 0.536. The number of carbonyl (C=O) groups excluding carboxylic acids is 3. The number of likely N-dealkylation sites (tertiary alicyclic amines) is 1. The van der Waals surface area contributed by atoms with Gasteiger partial charge in [-0.2, -0.15) is 0 Å². The van der Waals surface area contributed by atoms with E-state index in [4.69, 9.17) is 16.3 Å². The highest BCUT2D eigenvalue weighted by Crippen LogP contribution is 2.61. The Hall–Kier alpha value is -2.29. The number of amides is 2. The quantitative estimate of drug-likeness (QED) is 0.448. The average Bonchev–Trinajstić information content (AvgIpc) is 3.28. The van der Waals surface area contributed by atoms with Crippen molar-refractivity contribution in [1.82, 2.24) is 4.90 Å². The molecule has 1 aromatic carbocycles. The minimum atomic E-state index is -0.947. The summed E-state index contributed by atoms with van der Waals surface area (Å²) in [5.74, 6) is -2.12. The number of allylic oxidation sites excluding steroid dienone is 1. The molecule has 2 amide bonds. The minimum Gasteiger partial charge on any atom is -0.465 e. The van der Waals surface area contributed by atoms with Crippen LogP contribution in [0, 0.1) is 17.8 Å². The number of hydrogen-bond acceptors (Lipinski definition) is 6. The molecule has 5 rings (SSSR count). The number of benzene rings is 1. The average molecular weight is 545 g/mol. The molecule has 6 atom stereocenters. The van der Waals surface area contributed by atoms with Gasteiger partial charge in [0.1, 0.15) is 6.04 Å². The van der Waals surface area contributed by atoms with Gasteiger partial charge in [-0.25, -0.2) is 0 Å². The van der Waals surface area contributed by atoms with Crippen LogP contribution in [0.2, 0.25) is 5.02 Å². The number of hydrogen-bond donors (Lipinski definition) is 1. The number of thioether (sulfide) groups is 1. The highest BCUT2D eigenvalue weighted by molar-refractivity contribution is 8.02. The van der Waals surface area contributed by atoms with Crippen molar-refractivity contribution in [2.45, 2.75) is 55.2 Å². The molecule has 1 unspecified atom stereocenters. The molecule has 37 heavy (non-hydrogen) atoms. The lowest BCUT2D eigenvalue weighted by atomic mass is 9.78. The van der Waals surface area contributed by atoms with E-state index >= 15 is 0 Å². The van der Waals surface area contributed by atoms with Crippen LogP contribution < -0.4 is 4.90 Å². The topological polar surface area (TPSA) is 87.2 Å². The summed E-state index contributed by atoms with van der Waals surface area (Å²) < 4.78 is 4.66. The van der Waals surface area contributed by atoms with Gasteiger partial charge in [0.2, 0.25) is 5.91 Å². The predicted octanol–water partition coefficient (Wildman–Crippen LogP) is 3.84. The molecule has 1 spiro atoms. The summed E-state index contributed by atoms with van der Waals surface area (Å²) in [4.78, 5) is 45.3. The predicted molar refractivity (Wildman–Crippen MR) is 144 cm³/mol. The lowest BCUT2D eigenvalue weighted by Gasteiger charge is -2.39. The van der Waals surface area contributed by atoms with Crippen LogP contribution in [0.15, 0.2) is 48.6 Å². The molecule has 0 aliphatic carbocycles. The number of fused-ring (bicyclic) bond motifs is 2. The van der Waals surface area contributed by atoms with Gasteiger partial charge in [0.15, 0.2) is 0 Å². The molecular weight excluding hydrogens is 512 g/mol. The zero-order valence-corrected chi connectivity index (χ0v) is 22.7. The Bertz CT molecular complexity index is 1120. The molecule has 0 saturated carbocycles. The standard InChI is InChI=1S/C28H33ClN2O5S/c1-17(2)15-20(16-32)31-24-26(34)30(19-10-8-18(29)9-11-19)13-6-12-28(24)23(25(31)33)22-21(37-28)7-4-3-5-14-36-27(22)35/h4,6-12,17,20-24,32H,3,5,13-16H2,1-2H3/b7-4-/t20-,21+,22-,23+,24?,28+/m1/s1. The van der Waals surface area contributed by atoms with Gasteiger partial charge in [-0.15, -0.1) is 11.8 Å². The highest BCUT2D eigenvalue weighted by Gasteiger charge is 2.71. The third-order valence-electron chi connectivity index (χ3n) is 7.77. The first-order chi connectivity index (χ1) is 17.8. The van der Waals surface area contributed by atoms with Crippen LogP contribution in [0.25, 0.3) is 0 Å². The summed E-state index contributed by atoms with van der Waals surface area (Å²) in [6, 6.07) is 5.66. The number of nitrogens with zero attached hydrogens (tertiary/aromatic N) is 2. The molecule has 0 aromatic heterocycles. The maximum atomic E-state index is 14.4. The number of halogens is 1. The van der Waals surface area contributed by atoms with Gasteiger partial charge in [0.05, 0.1) is 35.8 Å². The first-order valence-corrected chi connectivity index (χ1v) is 14.2. The van der Waals surface area contributed by atoms with Crippen molar-refractivity contribution in [3.05, 3.63) is 53.6 Å². The maximum absolute atomic E-state index is 14.4. The molecule has 1 aromatic rings. The molecule has 4 heterocycles. The second kappa shape index (κ2) is 10.5. The second-order valence-corrected chi connectivity index (χ2v) is 12.5. The normalized spacial score (nSPS) is 33.2. The molecular formula is C28H33ClN2O5S. The number of aliphatic hydroxyl groups excluding tert-OH is 1. The van der Waals surface area contributed by atoms with Crippen molar-refractivity contribution in [3.8, 4) is 0 Å². The Labute approximate surface area is 226 Å². The summed E-state index contributed by atoms with van der Waals surface area (Å²) in [6.45, 7) is 4.44. The Kier molecular flexibility index (Phi) is 7.44. The molecule has 7 nitrogen and oxygen atoms in total. The molecule has 198 valence electrons. The molecule has 9 heteroatoms. The smallest absolute Gasteiger partial charge is 0.311 e. The molecule has 4 aliphatic rings. The first-order valence-electron chi connectivity index (χ1n) is 13.0. The van der Waals surface area contributed by atoms with Crippen molar-refractivity contribution in [1.29, 1.82) is 0 Å². The van der Waals surface area contributed by atoms with E-state index in [2.05, 4.69) is 6.08 Å². The van der Waals surface area contributed by atoms with Crippen molar-refractivity contribution in [2.24, 2.45) is 17.8 Å². The summed E-state index contributed by atoms with van der Waals surface area (Å²) in [5, 5.41) is 10.7. The van der Waals surface area contributed by atoms with E-state index in [0.29, 0.717) is 30.3 Å². The van der Waals surface area contributed by atoms with Crippen molar-refractivity contribution < 1.29 is 24.2 Å². The monoisotopic (exact) mass is 544 g/mol. The van der Waals surface area contributed by atoms with Crippen LogP contribution in [0.4, 0.5) is 5.69 Å². The fourth-order valence-corrected chi connectivity index (χ4v) is 8.37. The van der Waals surface area contributed by atoms with Crippen molar-refractivity contribution in [3.63, 3.8) is 0 Å². The number of carbonyl (C=O) groups is 3. The number of aliphatic hydroxyl groups is 1. The van der Waals surface area contributed by atoms with E-state index < -0.39 is 28.7 Å². The Morgan fingerprint density at radius 1 is 1.16 bits per heavy atom. The van der Waals surface area contributed by atoms with Crippen molar-refractivity contribution in [2.75, 3.05) is 24.7 Å². The van der Waals surface area contributed by atoms with E-state index in [0.717, 1.165) is 12.8 Å². The van der Waals surface area contributed by atoms with Crippen LogP contribution in [-0.4, -0.2) is 69.6 Å². The van der Waals surface area contributed by atoms with Gasteiger partial charge in [-0.1, -0.05) is 49.8 Å². The number of rotatable bonds is 5. The van der Waals surface area contributed by atoms with Crippen LogP contribution in [0.1, 0.15) is 33.1 Å². The molecule has 0 bridgehead atoms. The SMILES string of the molecule is CC(C)C[C@H](CO)N1C(=O)[C@@H]2[C@@H]3C(=O)OCCC/C=C\[C@@H]3S[C@@]23C=CCN(c2ccc(Cl)cc2)C(=O)C13. The van der Waals surface area contributed by atoms with E-state index in [1.807, 2.05) is 32.1 Å². The number of ether oxygens (including phenoxy) is 1. The van der Waals surface area contributed by atoms with Crippen LogP contribution in [0.3, 0.4) is 0 Å². The summed E-state index contributed by atoms with van der Waals surface area (Å²) >= 11 is 7.62. The lowest BCUT2D eigenvalue weighted by molar-refractivity contribution is -0.153. The van der Waals surface area contributed by atoms with Gasteiger partial charge >= 0.3 is 5.97 Å². The van der Waals surface area contributed by atoms with Gasteiger partial charge in [0, 0.05) is 22.5 Å². The first kappa shape index (κ1) is 26.3. The molecule has 4 aliphatic heterocycles. The minimum absolute atomic E-state index is 0.198. The number of esters is 1. The van der Waals surface area contributed by atoms with Crippen molar-refractivity contribution >= 4 is 46.8 Å². The highest BCUT2D eigenvalue weighted by atomic mass is 35.5. The Morgan fingerprint density at radius 3 is 2.62 bits per heavy atom. The lowest BCUT2D eigenvalue weighted by Crippen LogP contribution is -2.57. The largest absolute Gasteiger partial charge is 0.465 e. The van der Waals surface area contributed by atoms with Gasteiger partial charge < -0.3 is 19.6 Å². The summed E-state index contributed by atoms with van der Waals surface area (Å²) in [6.07, 6.45) is 10.0. The number of anilines is 1. The molecule has 2 saturated heterocycles. The second-order valence-electron chi connectivity index (χ2n) is 10.6. The molecule has 1 N–H and O–H groups in total. The Morgan fingerprint density at radius 2 is 1.92 bits per heavy atom. The summed E-state index contributed by atoms with van der Waals surface area (Å²) in [5.41, 5.74) is 0.682. The van der Waals surface area contributed by atoms with E-state index in [1.165, 1.54) is 11.8 Å². The van der Waals surface area contributed by atoms with Gasteiger partial charge in [0.25, 0.3) is 5.91 Å².